The average molecular weight is 405 g/mol. The van der Waals surface area contributed by atoms with Crippen LogP contribution < -0.4 is 4.74 Å². The minimum absolute atomic E-state index is 0.0205. The number of likely N-dealkylation sites (tertiary alicyclic amines) is 1. The zero-order valence-electron chi connectivity index (χ0n) is 16.4. The van der Waals surface area contributed by atoms with E-state index >= 15 is 0 Å². The number of carboxylic acids is 1. The van der Waals surface area contributed by atoms with Crippen LogP contribution in [-0.2, 0) is 11.2 Å². The van der Waals surface area contributed by atoms with Crippen LogP contribution in [0.5, 0.6) is 11.5 Å². The van der Waals surface area contributed by atoms with Gasteiger partial charge in [0, 0.05) is 6.42 Å². The Morgan fingerprint density at radius 3 is 2.48 bits per heavy atom. The van der Waals surface area contributed by atoms with Gasteiger partial charge in [-0.2, -0.15) is 0 Å². The number of aryl methyl sites for hydroxylation is 1. The van der Waals surface area contributed by atoms with Gasteiger partial charge in [0.25, 0.3) is 0 Å². The van der Waals surface area contributed by atoms with E-state index in [1.54, 1.807) is 4.90 Å². The van der Waals surface area contributed by atoms with E-state index in [0.717, 1.165) is 6.42 Å². The summed E-state index contributed by atoms with van der Waals surface area (Å²) in [5.74, 6) is -0.937. The van der Waals surface area contributed by atoms with E-state index in [0.29, 0.717) is 31.0 Å². The van der Waals surface area contributed by atoms with E-state index in [1.807, 2.05) is 0 Å². The summed E-state index contributed by atoms with van der Waals surface area (Å²) in [6, 6.07) is 2.98. The van der Waals surface area contributed by atoms with Crippen LogP contribution in [0.3, 0.4) is 0 Å². The Kier molecular flexibility index (Phi) is 7.02. The minimum atomic E-state index is -1.54. The highest BCUT2D eigenvalue weighted by atomic mass is 16.5. The molecule has 29 heavy (non-hydrogen) atoms. The molecule has 1 saturated heterocycles. The molecule has 2 aliphatic rings. The molecule has 2 fully saturated rings. The lowest BCUT2D eigenvalue weighted by Gasteiger charge is -2.39. The largest absolute Gasteiger partial charge is 0.507 e. The summed E-state index contributed by atoms with van der Waals surface area (Å²) in [4.78, 5) is 25.6. The van der Waals surface area contributed by atoms with Crippen LogP contribution in [0.25, 0.3) is 0 Å². The number of benzene rings is 1. The third kappa shape index (κ3) is 5.42. The molecule has 4 N–H and O–H groups in total. The second-order valence-corrected chi connectivity index (χ2v) is 8.00. The van der Waals surface area contributed by atoms with Crippen molar-refractivity contribution in [3.8, 4) is 11.5 Å². The molecule has 0 bridgehead atoms. The third-order valence-electron chi connectivity index (χ3n) is 5.84. The summed E-state index contributed by atoms with van der Waals surface area (Å²) >= 11 is 0. The highest BCUT2D eigenvalue weighted by molar-refractivity contribution is 6.41. The molecule has 1 aliphatic heterocycles. The van der Waals surface area contributed by atoms with E-state index in [-0.39, 0.29) is 36.1 Å². The first kappa shape index (κ1) is 21.5. The Hall–Kier alpha value is -2.26. The van der Waals surface area contributed by atoms with Gasteiger partial charge in [-0.1, -0.05) is 31.7 Å². The van der Waals surface area contributed by atoms with Crippen molar-refractivity contribution in [1.29, 1.82) is 0 Å². The predicted octanol–water partition coefficient (Wildman–Crippen LogP) is 1.67. The topological polar surface area (TPSA) is 128 Å². The second kappa shape index (κ2) is 9.50. The van der Waals surface area contributed by atoms with Crippen molar-refractivity contribution in [2.75, 3.05) is 13.1 Å². The van der Waals surface area contributed by atoms with Gasteiger partial charge in [0.15, 0.2) is 0 Å². The number of hydrogen-bond donors (Lipinski definition) is 4. The number of carbonyl (C=O) groups is 2. The molecule has 9 heteroatoms. The Morgan fingerprint density at radius 2 is 1.86 bits per heavy atom. The number of phenols is 1. The van der Waals surface area contributed by atoms with Crippen LogP contribution in [0.4, 0.5) is 0 Å². The number of hydrogen-bond acceptors (Lipinski definition) is 6. The quantitative estimate of drug-likeness (QED) is 0.460. The maximum atomic E-state index is 12.3. The van der Waals surface area contributed by atoms with E-state index in [2.05, 4.69) is 0 Å². The van der Waals surface area contributed by atoms with Gasteiger partial charge in [-0.3, -0.25) is 4.79 Å². The molecule has 1 heterocycles. The van der Waals surface area contributed by atoms with Gasteiger partial charge < -0.3 is 29.9 Å². The molecule has 1 aromatic rings. The molecule has 0 aromatic heterocycles. The van der Waals surface area contributed by atoms with Crippen LogP contribution in [0.1, 0.15) is 54.4 Å². The summed E-state index contributed by atoms with van der Waals surface area (Å²) < 4.78 is 5.73. The van der Waals surface area contributed by atoms with Crippen molar-refractivity contribution in [2.45, 2.75) is 57.4 Å². The summed E-state index contributed by atoms with van der Waals surface area (Å²) in [6.07, 6.45) is 6.22. The Balaban J connectivity index is 1.54. The molecular formula is C20H28BNO7. The molecule has 0 radical (unpaired) electrons. The highest BCUT2D eigenvalue weighted by Gasteiger charge is 2.34. The molecule has 0 atom stereocenters. The van der Waals surface area contributed by atoms with E-state index in [9.17, 15) is 19.8 Å². The van der Waals surface area contributed by atoms with E-state index in [4.69, 9.17) is 14.8 Å². The molecule has 8 nitrogen and oxygen atoms in total. The van der Waals surface area contributed by atoms with E-state index < -0.39 is 18.8 Å². The zero-order valence-corrected chi connectivity index (χ0v) is 16.4. The molecule has 1 aliphatic carbocycles. The van der Waals surface area contributed by atoms with Crippen molar-refractivity contribution in [3.05, 3.63) is 23.3 Å². The standard InChI is InChI=1S/C20H28BNO7/c23-17(8-5-13-3-1-2-4-13)22-11-15(12-22)29-16-7-6-14(9-10-21(27)28)19(24)18(16)20(25)26/h6-7,13,15,24,27-28H,1-5,8-12H2,(H,25,26). The van der Waals surface area contributed by atoms with Gasteiger partial charge in [-0.15, -0.1) is 0 Å². The smallest absolute Gasteiger partial charge is 0.451 e. The van der Waals surface area contributed by atoms with Gasteiger partial charge in [0.2, 0.25) is 5.91 Å². The second-order valence-electron chi connectivity index (χ2n) is 8.00. The molecular weight excluding hydrogens is 377 g/mol. The van der Waals surface area contributed by atoms with Crippen molar-refractivity contribution in [3.63, 3.8) is 0 Å². The molecule has 1 amide bonds. The van der Waals surface area contributed by atoms with Crippen molar-refractivity contribution >= 4 is 19.0 Å². The summed E-state index contributed by atoms with van der Waals surface area (Å²) in [5.41, 5.74) is -0.0406. The average Bonchev–Trinajstić information content (AvgIpc) is 3.14. The van der Waals surface area contributed by atoms with Crippen LogP contribution in [0.2, 0.25) is 6.32 Å². The van der Waals surface area contributed by atoms with Crippen LogP contribution >= 0.6 is 0 Å². The SMILES string of the molecule is O=C(O)c1c(OC2CN(C(=O)CCC3CCCC3)C2)ccc(CCB(O)O)c1O. The first-order chi connectivity index (χ1) is 13.8. The first-order valence-electron chi connectivity index (χ1n) is 10.2. The maximum Gasteiger partial charge on any atom is 0.451 e. The van der Waals surface area contributed by atoms with Gasteiger partial charge in [-0.05, 0) is 36.7 Å². The number of rotatable bonds is 9. The van der Waals surface area contributed by atoms with Crippen molar-refractivity contribution < 1.29 is 34.6 Å². The van der Waals surface area contributed by atoms with Gasteiger partial charge in [0.1, 0.15) is 23.2 Å². The Bertz CT molecular complexity index is 743. The normalized spacial score (nSPS) is 17.2. The van der Waals surface area contributed by atoms with Crippen LogP contribution in [0, 0.1) is 5.92 Å². The molecule has 1 saturated carbocycles. The molecule has 0 unspecified atom stereocenters. The first-order valence-corrected chi connectivity index (χ1v) is 10.2. The minimum Gasteiger partial charge on any atom is -0.507 e. The van der Waals surface area contributed by atoms with Gasteiger partial charge >= 0.3 is 13.1 Å². The number of amides is 1. The van der Waals surface area contributed by atoms with Crippen molar-refractivity contribution in [1.82, 2.24) is 4.90 Å². The number of carbonyl (C=O) groups excluding carboxylic acids is 1. The van der Waals surface area contributed by atoms with Gasteiger partial charge in [-0.25, -0.2) is 4.79 Å². The fourth-order valence-corrected chi connectivity index (χ4v) is 4.09. The monoisotopic (exact) mass is 405 g/mol. The van der Waals surface area contributed by atoms with E-state index in [1.165, 1.54) is 37.8 Å². The number of aromatic carboxylic acids is 1. The fraction of sp³-hybridized carbons (Fsp3) is 0.600. The highest BCUT2D eigenvalue weighted by Crippen LogP contribution is 2.34. The maximum absolute atomic E-state index is 12.3. The molecule has 3 rings (SSSR count). The van der Waals surface area contributed by atoms with Crippen molar-refractivity contribution in [2.24, 2.45) is 5.92 Å². The molecule has 158 valence electrons. The lowest BCUT2D eigenvalue weighted by atomic mass is 9.82. The summed E-state index contributed by atoms with van der Waals surface area (Å²) in [6.45, 7) is 0.809. The number of aromatic hydroxyl groups is 1. The summed E-state index contributed by atoms with van der Waals surface area (Å²) in [5, 5.41) is 37.7. The lowest BCUT2D eigenvalue weighted by Crippen LogP contribution is -2.56. The Labute approximate surface area is 170 Å². The zero-order chi connectivity index (χ0) is 21.0. The Morgan fingerprint density at radius 1 is 1.17 bits per heavy atom. The molecule has 0 spiro atoms. The lowest BCUT2D eigenvalue weighted by molar-refractivity contribution is -0.140. The predicted molar refractivity (Wildman–Crippen MR) is 106 cm³/mol. The summed E-state index contributed by atoms with van der Waals surface area (Å²) in [7, 11) is -1.54. The van der Waals surface area contributed by atoms with Gasteiger partial charge in [0.05, 0.1) is 13.1 Å². The molecule has 1 aromatic carbocycles. The van der Waals surface area contributed by atoms with Crippen LogP contribution in [0.15, 0.2) is 12.1 Å². The third-order valence-corrected chi connectivity index (χ3v) is 5.84. The fourth-order valence-electron chi connectivity index (χ4n) is 4.09. The van der Waals surface area contributed by atoms with Crippen LogP contribution in [-0.4, -0.2) is 63.3 Å². The number of nitrogens with zero attached hydrogens (tertiary/aromatic N) is 1. The number of ether oxygens (including phenoxy) is 1. The number of carboxylic acid groups (broad SMARTS) is 1.